The maximum absolute atomic E-state index is 5.70. The summed E-state index contributed by atoms with van der Waals surface area (Å²) in [6.07, 6.45) is 4.62. The summed E-state index contributed by atoms with van der Waals surface area (Å²) in [6.45, 7) is 8.94. The van der Waals surface area contributed by atoms with Crippen LogP contribution >= 0.6 is 0 Å². The Morgan fingerprint density at radius 1 is 1.55 bits per heavy atom. The molecule has 2 atom stereocenters. The predicted octanol–water partition coefficient (Wildman–Crippen LogP) is 2.33. The molecule has 0 saturated carbocycles. The Morgan fingerprint density at radius 2 is 2.35 bits per heavy atom. The maximum Gasteiger partial charge on any atom is 0.116 e. The molecule has 0 N–H and O–H groups in total. The van der Waals surface area contributed by atoms with Crippen LogP contribution in [0.2, 0.25) is 0 Å². The summed E-state index contributed by atoms with van der Waals surface area (Å²) < 4.78 is 5.70. The van der Waals surface area contributed by atoms with Crippen LogP contribution in [0, 0.1) is 6.92 Å². The Labute approximate surface area is 121 Å². The van der Waals surface area contributed by atoms with Crippen LogP contribution in [-0.2, 0) is 4.74 Å². The van der Waals surface area contributed by atoms with Gasteiger partial charge in [-0.05, 0) is 20.4 Å². The lowest BCUT2D eigenvalue weighted by molar-refractivity contribution is 0.0199. The molecule has 0 bridgehead atoms. The molecular formula is C15H24N4O. The van der Waals surface area contributed by atoms with E-state index in [0.29, 0.717) is 5.92 Å². The van der Waals surface area contributed by atoms with Crippen LogP contribution in [0.15, 0.2) is 11.3 Å². The highest BCUT2D eigenvalue weighted by Crippen LogP contribution is 2.28. The standard InChI is InChI=1S/C15H24N4O/c1-5-11(2)14-15(12(3)17-10-18-14)16-8-13-9-19(4)6-7-20-13/h8,10-11,13H,5-7,9H2,1-4H3/t11?,13-/m1/s1. The summed E-state index contributed by atoms with van der Waals surface area (Å²) in [5.74, 6) is 0.388. The minimum absolute atomic E-state index is 0.0538. The molecule has 110 valence electrons. The highest BCUT2D eigenvalue weighted by atomic mass is 16.5. The number of ether oxygens (including phenoxy) is 1. The molecule has 1 saturated heterocycles. The lowest BCUT2D eigenvalue weighted by atomic mass is 10.0. The number of aromatic nitrogens is 2. The zero-order chi connectivity index (χ0) is 14.5. The highest BCUT2D eigenvalue weighted by molar-refractivity contribution is 5.69. The van der Waals surface area contributed by atoms with E-state index < -0.39 is 0 Å². The second kappa shape index (κ2) is 6.90. The molecule has 1 aromatic rings. The summed E-state index contributed by atoms with van der Waals surface area (Å²) in [4.78, 5) is 15.6. The fraction of sp³-hybridized carbons (Fsp3) is 0.667. The smallest absolute Gasteiger partial charge is 0.116 e. The second-order valence-electron chi connectivity index (χ2n) is 5.45. The first kappa shape index (κ1) is 15.1. The normalized spacial score (nSPS) is 22.3. The average molecular weight is 276 g/mol. The van der Waals surface area contributed by atoms with E-state index in [1.165, 1.54) is 0 Å². The van der Waals surface area contributed by atoms with Crippen LogP contribution in [0.3, 0.4) is 0 Å². The third kappa shape index (κ3) is 3.61. The van der Waals surface area contributed by atoms with Gasteiger partial charge in [-0.25, -0.2) is 9.97 Å². The van der Waals surface area contributed by atoms with Gasteiger partial charge in [0.25, 0.3) is 0 Å². The molecule has 0 aliphatic carbocycles. The first-order valence-corrected chi connectivity index (χ1v) is 7.27. The summed E-state index contributed by atoms with van der Waals surface area (Å²) in [5, 5.41) is 0. The van der Waals surface area contributed by atoms with Gasteiger partial charge < -0.3 is 9.64 Å². The van der Waals surface area contributed by atoms with Crippen molar-refractivity contribution in [3.8, 4) is 0 Å². The van der Waals surface area contributed by atoms with E-state index in [9.17, 15) is 0 Å². The summed E-state index contributed by atoms with van der Waals surface area (Å²) >= 11 is 0. The third-order valence-electron chi connectivity index (χ3n) is 3.78. The van der Waals surface area contributed by atoms with E-state index >= 15 is 0 Å². The van der Waals surface area contributed by atoms with Crippen molar-refractivity contribution in [3.05, 3.63) is 17.7 Å². The number of hydrogen-bond acceptors (Lipinski definition) is 5. The Balaban J connectivity index is 2.19. The minimum Gasteiger partial charge on any atom is -0.370 e. The fourth-order valence-corrected chi connectivity index (χ4v) is 2.26. The third-order valence-corrected chi connectivity index (χ3v) is 3.78. The van der Waals surface area contributed by atoms with Gasteiger partial charge in [-0.2, -0.15) is 0 Å². The summed E-state index contributed by atoms with van der Waals surface area (Å²) in [6, 6.07) is 0. The molecule has 0 radical (unpaired) electrons. The highest BCUT2D eigenvalue weighted by Gasteiger charge is 2.17. The van der Waals surface area contributed by atoms with Crippen molar-refractivity contribution in [2.45, 2.75) is 39.2 Å². The molecule has 1 aliphatic rings. The van der Waals surface area contributed by atoms with Gasteiger partial charge in [-0.15, -0.1) is 0 Å². The minimum atomic E-state index is 0.0538. The van der Waals surface area contributed by atoms with Crippen LogP contribution < -0.4 is 0 Å². The topological polar surface area (TPSA) is 50.6 Å². The maximum atomic E-state index is 5.70. The number of rotatable bonds is 4. The molecule has 20 heavy (non-hydrogen) atoms. The Hall–Kier alpha value is -1.33. The van der Waals surface area contributed by atoms with E-state index in [0.717, 1.165) is 43.2 Å². The molecule has 2 rings (SSSR count). The zero-order valence-corrected chi connectivity index (χ0v) is 12.8. The first-order valence-electron chi connectivity index (χ1n) is 7.27. The molecule has 1 aromatic heterocycles. The molecule has 5 heteroatoms. The van der Waals surface area contributed by atoms with Gasteiger partial charge in [0.15, 0.2) is 0 Å². The van der Waals surface area contributed by atoms with Crippen molar-refractivity contribution in [2.75, 3.05) is 26.7 Å². The second-order valence-corrected chi connectivity index (χ2v) is 5.45. The van der Waals surface area contributed by atoms with Gasteiger partial charge in [0.05, 0.1) is 18.0 Å². The lowest BCUT2D eigenvalue weighted by Crippen LogP contribution is -2.40. The molecule has 0 aromatic carbocycles. The Bertz CT molecular complexity index is 475. The molecule has 5 nitrogen and oxygen atoms in total. The molecule has 0 amide bonds. The van der Waals surface area contributed by atoms with Crippen molar-refractivity contribution in [2.24, 2.45) is 4.99 Å². The largest absolute Gasteiger partial charge is 0.370 e. The zero-order valence-electron chi connectivity index (χ0n) is 12.8. The molecule has 1 unspecified atom stereocenters. The molecule has 2 heterocycles. The van der Waals surface area contributed by atoms with Gasteiger partial charge in [-0.1, -0.05) is 13.8 Å². The van der Waals surface area contributed by atoms with Crippen molar-refractivity contribution >= 4 is 11.9 Å². The van der Waals surface area contributed by atoms with Gasteiger partial charge in [0.1, 0.15) is 18.1 Å². The van der Waals surface area contributed by atoms with Crippen molar-refractivity contribution in [1.82, 2.24) is 14.9 Å². The Morgan fingerprint density at radius 3 is 3.05 bits per heavy atom. The first-order chi connectivity index (χ1) is 9.61. The number of aliphatic imine (C=N–C) groups is 1. The molecule has 1 aliphatic heterocycles. The van der Waals surface area contributed by atoms with E-state index in [1.807, 2.05) is 13.1 Å². The number of aryl methyl sites for hydroxylation is 1. The van der Waals surface area contributed by atoms with Crippen molar-refractivity contribution in [1.29, 1.82) is 0 Å². The Kier molecular flexibility index (Phi) is 5.20. The van der Waals surface area contributed by atoms with Crippen molar-refractivity contribution < 1.29 is 4.74 Å². The fourth-order valence-electron chi connectivity index (χ4n) is 2.26. The predicted molar refractivity (Wildman–Crippen MR) is 80.9 cm³/mol. The molecule has 1 fully saturated rings. The van der Waals surface area contributed by atoms with E-state index in [2.05, 4.69) is 40.8 Å². The van der Waals surface area contributed by atoms with Gasteiger partial charge in [-0.3, -0.25) is 4.99 Å². The number of hydrogen-bond donors (Lipinski definition) is 0. The summed E-state index contributed by atoms with van der Waals surface area (Å²) in [7, 11) is 2.10. The number of morpholine rings is 1. The SMILES string of the molecule is CCC(C)c1ncnc(C)c1N=C[C@@H]1CN(C)CCO1. The summed E-state index contributed by atoms with van der Waals surface area (Å²) in [5.41, 5.74) is 2.86. The van der Waals surface area contributed by atoms with E-state index in [-0.39, 0.29) is 6.10 Å². The van der Waals surface area contributed by atoms with E-state index in [4.69, 9.17) is 4.74 Å². The number of likely N-dealkylation sites (N-methyl/N-ethyl adjacent to an activating group) is 1. The van der Waals surface area contributed by atoms with Gasteiger partial charge >= 0.3 is 0 Å². The van der Waals surface area contributed by atoms with E-state index in [1.54, 1.807) is 6.33 Å². The van der Waals surface area contributed by atoms with Crippen LogP contribution in [0.4, 0.5) is 5.69 Å². The van der Waals surface area contributed by atoms with Crippen LogP contribution in [0.5, 0.6) is 0 Å². The van der Waals surface area contributed by atoms with Crippen LogP contribution in [-0.4, -0.2) is 53.9 Å². The lowest BCUT2D eigenvalue weighted by Gasteiger charge is -2.27. The average Bonchev–Trinajstić information content (AvgIpc) is 2.45. The monoisotopic (exact) mass is 276 g/mol. The number of nitrogens with zero attached hydrogens (tertiary/aromatic N) is 4. The molecular weight excluding hydrogens is 252 g/mol. The van der Waals surface area contributed by atoms with Crippen LogP contribution in [0.1, 0.15) is 37.6 Å². The van der Waals surface area contributed by atoms with Gasteiger partial charge in [0.2, 0.25) is 0 Å². The quantitative estimate of drug-likeness (QED) is 0.792. The van der Waals surface area contributed by atoms with Crippen LogP contribution in [0.25, 0.3) is 0 Å². The van der Waals surface area contributed by atoms with Gasteiger partial charge in [0, 0.05) is 25.2 Å². The van der Waals surface area contributed by atoms with Crippen molar-refractivity contribution in [3.63, 3.8) is 0 Å². The molecule has 0 spiro atoms.